The third-order valence-electron chi connectivity index (χ3n) is 2.08. The summed E-state index contributed by atoms with van der Waals surface area (Å²) < 4.78 is 38.3. The van der Waals surface area contributed by atoms with E-state index >= 15 is 0 Å². The SMILES string of the molecule is Cc1ccc(F)cc1NS(=O)(=O)CCCN. The summed E-state index contributed by atoms with van der Waals surface area (Å²) in [6.45, 7) is 2.02. The second-order valence-electron chi connectivity index (χ2n) is 3.52. The first-order valence-electron chi connectivity index (χ1n) is 4.91. The van der Waals surface area contributed by atoms with E-state index in [0.717, 1.165) is 6.07 Å². The van der Waals surface area contributed by atoms with Crippen LogP contribution in [0.1, 0.15) is 12.0 Å². The average Bonchev–Trinajstić information content (AvgIpc) is 2.20. The molecule has 1 aromatic carbocycles. The Morgan fingerprint density at radius 3 is 2.75 bits per heavy atom. The molecule has 1 aromatic rings. The van der Waals surface area contributed by atoms with Gasteiger partial charge >= 0.3 is 0 Å². The van der Waals surface area contributed by atoms with Crippen LogP contribution in [-0.4, -0.2) is 20.7 Å². The van der Waals surface area contributed by atoms with Gasteiger partial charge in [0.25, 0.3) is 0 Å². The maximum atomic E-state index is 12.9. The molecule has 0 aliphatic rings. The third kappa shape index (κ3) is 3.79. The Hall–Kier alpha value is -1.14. The summed E-state index contributed by atoms with van der Waals surface area (Å²) in [7, 11) is -3.43. The third-order valence-corrected chi connectivity index (χ3v) is 3.44. The van der Waals surface area contributed by atoms with Crippen LogP contribution in [0, 0.1) is 12.7 Å². The molecule has 0 saturated carbocycles. The van der Waals surface area contributed by atoms with Gasteiger partial charge in [-0.05, 0) is 37.6 Å². The highest BCUT2D eigenvalue weighted by Gasteiger charge is 2.11. The summed E-state index contributed by atoms with van der Waals surface area (Å²) >= 11 is 0. The molecular weight excluding hydrogens is 231 g/mol. The number of rotatable bonds is 5. The molecule has 0 radical (unpaired) electrons. The van der Waals surface area contributed by atoms with E-state index in [1.54, 1.807) is 6.92 Å². The summed E-state index contributed by atoms with van der Waals surface area (Å²) in [5, 5.41) is 0. The molecule has 0 amide bonds. The lowest BCUT2D eigenvalue weighted by Gasteiger charge is -2.10. The van der Waals surface area contributed by atoms with E-state index < -0.39 is 15.8 Å². The Morgan fingerprint density at radius 2 is 2.12 bits per heavy atom. The van der Waals surface area contributed by atoms with Gasteiger partial charge < -0.3 is 5.73 Å². The van der Waals surface area contributed by atoms with Gasteiger partial charge in [0.15, 0.2) is 0 Å². The van der Waals surface area contributed by atoms with Crippen LogP contribution >= 0.6 is 0 Å². The van der Waals surface area contributed by atoms with Crippen molar-refractivity contribution in [1.29, 1.82) is 0 Å². The summed E-state index contributed by atoms with van der Waals surface area (Å²) in [5.41, 5.74) is 6.18. The van der Waals surface area contributed by atoms with Crippen molar-refractivity contribution in [3.8, 4) is 0 Å². The van der Waals surface area contributed by atoms with Gasteiger partial charge in [-0.2, -0.15) is 0 Å². The molecule has 6 heteroatoms. The highest BCUT2D eigenvalue weighted by Crippen LogP contribution is 2.17. The molecule has 4 nitrogen and oxygen atoms in total. The minimum atomic E-state index is -3.43. The molecule has 16 heavy (non-hydrogen) atoms. The summed E-state index contributed by atoms with van der Waals surface area (Å²) in [6.07, 6.45) is 0.379. The minimum absolute atomic E-state index is 0.0561. The smallest absolute Gasteiger partial charge is 0.232 e. The van der Waals surface area contributed by atoms with Gasteiger partial charge in [-0.15, -0.1) is 0 Å². The molecule has 0 aromatic heterocycles. The van der Waals surface area contributed by atoms with Crippen molar-refractivity contribution in [2.24, 2.45) is 5.73 Å². The summed E-state index contributed by atoms with van der Waals surface area (Å²) in [4.78, 5) is 0. The topological polar surface area (TPSA) is 72.2 Å². The lowest BCUT2D eigenvalue weighted by atomic mass is 10.2. The first-order chi connectivity index (χ1) is 7.44. The van der Waals surface area contributed by atoms with Crippen molar-refractivity contribution in [1.82, 2.24) is 0 Å². The standard InChI is InChI=1S/C10H15FN2O2S/c1-8-3-4-9(11)7-10(8)13-16(14,15)6-2-5-12/h3-4,7,13H,2,5-6,12H2,1H3. The van der Waals surface area contributed by atoms with Crippen molar-refractivity contribution in [2.45, 2.75) is 13.3 Å². The number of halogens is 1. The summed E-state index contributed by atoms with van der Waals surface area (Å²) in [5.74, 6) is -0.526. The second kappa shape index (κ2) is 5.27. The number of sulfonamides is 1. The molecule has 0 aliphatic carbocycles. The van der Waals surface area contributed by atoms with Gasteiger partial charge in [-0.25, -0.2) is 12.8 Å². The van der Waals surface area contributed by atoms with Crippen molar-refractivity contribution in [3.63, 3.8) is 0 Å². The van der Waals surface area contributed by atoms with Gasteiger partial charge in [0.05, 0.1) is 11.4 Å². The van der Waals surface area contributed by atoms with Crippen LogP contribution in [-0.2, 0) is 10.0 Å². The van der Waals surface area contributed by atoms with E-state index in [1.807, 2.05) is 0 Å². The van der Waals surface area contributed by atoms with Gasteiger partial charge in [0.1, 0.15) is 5.82 Å². The largest absolute Gasteiger partial charge is 0.330 e. The lowest BCUT2D eigenvalue weighted by molar-refractivity contribution is 0.598. The number of aryl methyl sites for hydroxylation is 1. The quantitative estimate of drug-likeness (QED) is 0.820. The number of nitrogens with two attached hydrogens (primary N) is 1. The predicted octanol–water partition coefficient (Wildman–Crippen LogP) is 1.22. The predicted molar refractivity (Wildman–Crippen MR) is 62.2 cm³/mol. The molecule has 0 spiro atoms. The molecule has 0 heterocycles. The Bertz CT molecular complexity index is 460. The molecule has 1 rings (SSSR count). The molecule has 0 atom stereocenters. The number of nitrogens with one attached hydrogen (secondary N) is 1. The fourth-order valence-electron chi connectivity index (χ4n) is 1.20. The van der Waals surface area contributed by atoms with Crippen LogP contribution < -0.4 is 10.5 Å². The van der Waals surface area contributed by atoms with E-state index in [2.05, 4.69) is 4.72 Å². The first kappa shape index (κ1) is 12.9. The van der Waals surface area contributed by atoms with E-state index in [-0.39, 0.29) is 11.4 Å². The fraction of sp³-hybridized carbons (Fsp3) is 0.400. The normalized spacial score (nSPS) is 11.4. The van der Waals surface area contributed by atoms with Crippen molar-refractivity contribution < 1.29 is 12.8 Å². The van der Waals surface area contributed by atoms with Gasteiger partial charge in [-0.3, -0.25) is 4.72 Å². The van der Waals surface area contributed by atoms with Gasteiger partial charge in [0, 0.05) is 0 Å². The van der Waals surface area contributed by atoms with Crippen molar-refractivity contribution >= 4 is 15.7 Å². The zero-order valence-electron chi connectivity index (χ0n) is 9.03. The maximum Gasteiger partial charge on any atom is 0.232 e. The number of benzene rings is 1. The maximum absolute atomic E-state index is 12.9. The van der Waals surface area contributed by atoms with Crippen LogP contribution in [0.25, 0.3) is 0 Å². The molecule has 0 saturated heterocycles. The number of hydrogen-bond acceptors (Lipinski definition) is 3. The van der Waals surface area contributed by atoms with E-state index in [4.69, 9.17) is 5.73 Å². The molecule has 0 unspecified atom stereocenters. The number of hydrogen-bond donors (Lipinski definition) is 2. The van der Waals surface area contributed by atoms with Crippen LogP contribution in [0.5, 0.6) is 0 Å². The lowest BCUT2D eigenvalue weighted by Crippen LogP contribution is -2.19. The summed E-state index contributed by atoms with van der Waals surface area (Å²) in [6, 6.07) is 3.97. The molecule has 90 valence electrons. The van der Waals surface area contributed by atoms with E-state index in [9.17, 15) is 12.8 Å². The van der Waals surface area contributed by atoms with Crippen LogP contribution in [0.4, 0.5) is 10.1 Å². The van der Waals surface area contributed by atoms with E-state index in [0.29, 0.717) is 18.5 Å². The van der Waals surface area contributed by atoms with Crippen LogP contribution in [0.3, 0.4) is 0 Å². The van der Waals surface area contributed by atoms with Gasteiger partial charge in [-0.1, -0.05) is 6.07 Å². The first-order valence-corrected chi connectivity index (χ1v) is 6.56. The Balaban J connectivity index is 2.83. The van der Waals surface area contributed by atoms with Crippen LogP contribution in [0.2, 0.25) is 0 Å². The molecule has 3 N–H and O–H groups in total. The van der Waals surface area contributed by atoms with Crippen molar-refractivity contribution in [2.75, 3.05) is 17.0 Å². The molecule has 0 bridgehead atoms. The Kier molecular flexibility index (Phi) is 4.26. The van der Waals surface area contributed by atoms with Crippen LogP contribution in [0.15, 0.2) is 18.2 Å². The van der Waals surface area contributed by atoms with E-state index in [1.165, 1.54) is 12.1 Å². The Morgan fingerprint density at radius 1 is 1.44 bits per heavy atom. The molecule has 0 aliphatic heterocycles. The second-order valence-corrected chi connectivity index (χ2v) is 5.36. The zero-order chi connectivity index (χ0) is 12.2. The minimum Gasteiger partial charge on any atom is -0.330 e. The monoisotopic (exact) mass is 246 g/mol. The number of anilines is 1. The zero-order valence-corrected chi connectivity index (χ0v) is 9.85. The fourth-order valence-corrected chi connectivity index (χ4v) is 2.40. The van der Waals surface area contributed by atoms with Gasteiger partial charge in [0.2, 0.25) is 10.0 Å². The van der Waals surface area contributed by atoms with Crippen molar-refractivity contribution in [3.05, 3.63) is 29.6 Å². The highest BCUT2D eigenvalue weighted by molar-refractivity contribution is 7.92. The Labute approximate surface area is 94.7 Å². The molecular formula is C10H15FN2O2S. The molecule has 0 fully saturated rings. The average molecular weight is 246 g/mol. The highest BCUT2D eigenvalue weighted by atomic mass is 32.2.